The summed E-state index contributed by atoms with van der Waals surface area (Å²) in [5.74, 6) is 0.297. The lowest BCUT2D eigenvalue weighted by molar-refractivity contribution is -0.114. The van der Waals surface area contributed by atoms with Crippen molar-refractivity contribution in [2.45, 2.75) is 51.9 Å². The van der Waals surface area contributed by atoms with Crippen molar-refractivity contribution in [2.75, 3.05) is 0 Å². The van der Waals surface area contributed by atoms with Gasteiger partial charge in [0.05, 0.1) is 0 Å². The number of carbonyl (C=O) groups is 1. The van der Waals surface area contributed by atoms with E-state index in [0.717, 1.165) is 18.4 Å². The van der Waals surface area contributed by atoms with Crippen LogP contribution in [0.3, 0.4) is 0 Å². The average Bonchev–Trinajstić information content (AvgIpc) is 2.53. The third-order valence-electron chi connectivity index (χ3n) is 3.75. The number of hydrogen-bond donors (Lipinski definition) is 0. The monoisotopic (exact) mass is 178 g/mol. The Hall–Kier alpha value is -0.590. The Morgan fingerprint density at radius 3 is 2.62 bits per heavy atom. The highest BCUT2D eigenvalue weighted by atomic mass is 16.1. The second kappa shape index (κ2) is 3.28. The maximum Gasteiger partial charge on any atom is 0.155 e. The first-order chi connectivity index (χ1) is 6.22. The summed E-state index contributed by atoms with van der Waals surface area (Å²) in [5.41, 5.74) is 1.64. The SMILES string of the molecule is CC(=O)C1=CCCC2(CCCC2)C1. The first-order valence-corrected chi connectivity index (χ1v) is 5.42. The van der Waals surface area contributed by atoms with Gasteiger partial charge >= 0.3 is 0 Å². The molecule has 1 spiro atoms. The van der Waals surface area contributed by atoms with E-state index in [1.54, 1.807) is 6.92 Å². The van der Waals surface area contributed by atoms with Crippen LogP contribution in [-0.4, -0.2) is 5.78 Å². The lowest BCUT2D eigenvalue weighted by Crippen LogP contribution is -2.22. The first-order valence-electron chi connectivity index (χ1n) is 5.42. The summed E-state index contributed by atoms with van der Waals surface area (Å²) in [4.78, 5) is 11.3. The van der Waals surface area contributed by atoms with Crippen LogP contribution < -0.4 is 0 Å². The summed E-state index contributed by atoms with van der Waals surface area (Å²) in [5, 5.41) is 0. The number of Topliss-reactive ketones (excluding diaryl/α,β-unsaturated/α-hetero) is 1. The fourth-order valence-corrected chi connectivity index (χ4v) is 2.94. The topological polar surface area (TPSA) is 17.1 Å². The minimum atomic E-state index is 0.297. The van der Waals surface area contributed by atoms with E-state index in [4.69, 9.17) is 0 Å². The molecule has 0 heterocycles. The van der Waals surface area contributed by atoms with Gasteiger partial charge in [-0.2, -0.15) is 0 Å². The van der Waals surface area contributed by atoms with E-state index < -0.39 is 0 Å². The lowest BCUT2D eigenvalue weighted by Gasteiger charge is -2.32. The number of carbonyl (C=O) groups excluding carboxylic acids is 1. The Morgan fingerprint density at radius 2 is 2.00 bits per heavy atom. The van der Waals surface area contributed by atoms with Crippen molar-refractivity contribution in [1.29, 1.82) is 0 Å². The zero-order chi connectivity index (χ0) is 9.31. The maximum absolute atomic E-state index is 11.3. The fraction of sp³-hybridized carbons (Fsp3) is 0.750. The lowest BCUT2D eigenvalue weighted by atomic mass is 9.72. The molecule has 0 aromatic rings. The van der Waals surface area contributed by atoms with Crippen molar-refractivity contribution < 1.29 is 4.79 Å². The van der Waals surface area contributed by atoms with Crippen LogP contribution in [0.15, 0.2) is 11.6 Å². The van der Waals surface area contributed by atoms with Gasteiger partial charge in [-0.25, -0.2) is 0 Å². The standard InChI is InChI=1S/C12H18O/c1-10(13)11-5-4-8-12(9-11)6-2-3-7-12/h5H,2-4,6-9H2,1H3. The molecule has 0 N–H and O–H groups in total. The van der Waals surface area contributed by atoms with Crippen LogP contribution in [0, 0.1) is 5.41 Å². The molecule has 0 aromatic carbocycles. The molecule has 0 aliphatic heterocycles. The molecule has 2 rings (SSSR count). The van der Waals surface area contributed by atoms with Crippen molar-refractivity contribution in [3.8, 4) is 0 Å². The molecule has 1 saturated carbocycles. The van der Waals surface area contributed by atoms with Crippen LogP contribution in [0.25, 0.3) is 0 Å². The molecular weight excluding hydrogens is 160 g/mol. The van der Waals surface area contributed by atoms with Gasteiger partial charge in [-0.05, 0) is 50.0 Å². The Balaban J connectivity index is 2.11. The van der Waals surface area contributed by atoms with Gasteiger partial charge in [0.15, 0.2) is 5.78 Å². The van der Waals surface area contributed by atoms with Gasteiger partial charge in [-0.3, -0.25) is 4.79 Å². The molecule has 1 nitrogen and oxygen atoms in total. The van der Waals surface area contributed by atoms with Crippen molar-refractivity contribution in [3.63, 3.8) is 0 Å². The van der Waals surface area contributed by atoms with Crippen molar-refractivity contribution in [3.05, 3.63) is 11.6 Å². The Labute approximate surface area is 80.2 Å². The Kier molecular flexibility index (Phi) is 2.27. The molecule has 2 aliphatic carbocycles. The quantitative estimate of drug-likeness (QED) is 0.602. The number of rotatable bonds is 1. The largest absolute Gasteiger partial charge is 0.295 e. The number of ketones is 1. The van der Waals surface area contributed by atoms with Gasteiger partial charge in [0.1, 0.15) is 0 Å². The highest BCUT2D eigenvalue weighted by Gasteiger charge is 2.36. The number of allylic oxidation sites excluding steroid dienone is 2. The maximum atomic E-state index is 11.3. The molecule has 0 saturated heterocycles. The van der Waals surface area contributed by atoms with Crippen LogP contribution in [-0.2, 0) is 4.79 Å². The van der Waals surface area contributed by atoms with Gasteiger partial charge in [0.25, 0.3) is 0 Å². The highest BCUT2D eigenvalue weighted by molar-refractivity contribution is 5.93. The summed E-state index contributed by atoms with van der Waals surface area (Å²) in [7, 11) is 0. The van der Waals surface area contributed by atoms with Crippen molar-refractivity contribution in [1.82, 2.24) is 0 Å². The van der Waals surface area contributed by atoms with E-state index in [9.17, 15) is 4.79 Å². The molecule has 2 aliphatic rings. The van der Waals surface area contributed by atoms with Crippen LogP contribution in [0.5, 0.6) is 0 Å². The summed E-state index contributed by atoms with van der Waals surface area (Å²) in [6, 6.07) is 0. The fourth-order valence-electron chi connectivity index (χ4n) is 2.94. The van der Waals surface area contributed by atoms with Gasteiger partial charge in [0, 0.05) is 0 Å². The molecule has 0 amide bonds. The van der Waals surface area contributed by atoms with E-state index in [1.807, 2.05) is 0 Å². The molecule has 1 fully saturated rings. The minimum Gasteiger partial charge on any atom is -0.295 e. The molecule has 1 heteroatoms. The van der Waals surface area contributed by atoms with Crippen LogP contribution in [0.4, 0.5) is 0 Å². The van der Waals surface area contributed by atoms with E-state index >= 15 is 0 Å². The van der Waals surface area contributed by atoms with Crippen molar-refractivity contribution in [2.24, 2.45) is 5.41 Å². The molecule has 0 bridgehead atoms. The molecule has 72 valence electrons. The van der Waals surface area contributed by atoms with E-state index in [-0.39, 0.29) is 0 Å². The van der Waals surface area contributed by atoms with E-state index in [1.165, 1.54) is 32.1 Å². The number of hydrogen-bond acceptors (Lipinski definition) is 1. The highest BCUT2D eigenvalue weighted by Crippen LogP contribution is 2.48. The zero-order valence-corrected chi connectivity index (χ0v) is 8.44. The van der Waals surface area contributed by atoms with Gasteiger partial charge in [-0.15, -0.1) is 0 Å². The second-order valence-electron chi connectivity index (χ2n) is 4.71. The molecule has 0 atom stereocenters. The third-order valence-corrected chi connectivity index (χ3v) is 3.75. The second-order valence-corrected chi connectivity index (χ2v) is 4.71. The van der Waals surface area contributed by atoms with E-state index in [0.29, 0.717) is 11.2 Å². The van der Waals surface area contributed by atoms with Gasteiger partial charge in [0.2, 0.25) is 0 Å². The predicted molar refractivity (Wildman–Crippen MR) is 53.5 cm³/mol. The molecular formula is C12H18O. The van der Waals surface area contributed by atoms with Crippen LogP contribution >= 0.6 is 0 Å². The Morgan fingerprint density at radius 1 is 1.31 bits per heavy atom. The smallest absolute Gasteiger partial charge is 0.155 e. The average molecular weight is 178 g/mol. The summed E-state index contributed by atoms with van der Waals surface area (Å²) in [6.45, 7) is 1.71. The summed E-state index contributed by atoms with van der Waals surface area (Å²) >= 11 is 0. The summed E-state index contributed by atoms with van der Waals surface area (Å²) < 4.78 is 0. The van der Waals surface area contributed by atoms with E-state index in [2.05, 4.69) is 6.08 Å². The van der Waals surface area contributed by atoms with Crippen molar-refractivity contribution >= 4 is 5.78 Å². The van der Waals surface area contributed by atoms with Crippen LogP contribution in [0.2, 0.25) is 0 Å². The molecule has 0 unspecified atom stereocenters. The third kappa shape index (κ3) is 1.70. The minimum absolute atomic E-state index is 0.297. The molecule has 0 radical (unpaired) electrons. The molecule has 13 heavy (non-hydrogen) atoms. The van der Waals surface area contributed by atoms with Gasteiger partial charge < -0.3 is 0 Å². The van der Waals surface area contributed by atoms with Crippen LogP contribution in [0.1, 0.15) is 51.9 Å². The first kappa shape index (κ1) is 8.98. The zero-order valence-electron chi connectivity index (χ0n) is 8.44. The summed E-state index contributed by atoms with van der Waals surface area (Å²) in [6.07, 6.45) is 11.2. The normalized spacial score (nSPS) is 26.1. The Bertz CT molecular complexity index is 244. The van der Waals surface area contributed by atoms with Gasteiger partial charge in [-0.1, -0.05) is 18.9 Å². The predicted octanol–water partition coefficient (Wildman–Crippen LogP) is 3.25. The molecule has 0 aromatic heterocycles.